The first-order chi connectivity index (χ1) is 12.0. The zero-order valence-electron chi connectivity index (χ0n) is 14.6. The first-order valence-electron chi connectivity index (χ1n) is 7.69. The molecule has 2 aromatic rings. The van der Waals surface area contributed by atoms with Gasteiger partial charge in [-0.1, -0.05) is 12.1 Å². The van der Waals surface area contributed by atoms with E-state index in [0.717, 1.165) is 0 Å². The number of rotatable bonds is 7. The predicted octanol–water partition coefficient (Wildman–Crippen LogP) is 2.22. The van der Waals surface area contributed by atoms with Gasteiger partial charge in [-0.25, -0.2) is 4.39 Å². The molecule has 1 aromatic carbocycles. The fourth-order valence-electron chi connectivity index (χ4n) is 2.12. The number of hydrogen-bond donors (Lipinski definition) is 2. The number of furan rings is 1. The number of benzene rings is 1. The van der Waals surface area contributed by atoms with E-state index in [-0.39, 0.29) is 35.5 Å². The summed E-state index contributed by atoms with van der Waals surface area (Å²) in [5.41, 5.74) is 5.15. The number of likely N-dealkylation sites (N-methyl/N-ethyl adjacent to an activating group) is 1. The average molecular weight is 476 g/mol. The average Bonchev–Trinajstić information content (AvgIpc) is 3.06. The van der Waals surface area contributed by atoms with Crippen LogP contribution in [-0.2, 0) is 6.54 Å². The Kier molecular flexibility index (Phi) is 8.90. The number of primary amides is 1. The van der Waals surface area contributed by atoms with Crippen molar-refractivity contribution < 1.29 is 18.3 Å². The van der Waals surface area contributed by atoms with Crippen molar-refractivity contribution in [3.63, 3.8) is 0 Å². The highest BCUT2D eigenvalue weighted by Gasteiger charge is 2.10. The van der Waals surface area contributed by atoms with Gasteiger partial charge >= 0.3 is 0 Å². The number of ether oxygens (including phenoxy) is 1. The minimum absolute atomic E-state index is 0. The summed E-state index contributed by atoms with van der Waals surface area (Å²) in [6.07, 6.45) is 0. The van der Waals surface area contributed by atoms with Crippen LogP contribution in [0.2, 0.25) is 0 Å². The molecule has 0 saturated heterocycles. The summed E-state index contributed by atoms with van der Waals surface area (Å²) in [6.45, 7) is 1.14. The van der Waals surface area contributed by atoms with Crippen molar-refractivity contribution in [2.75, 3.05) is 27.2 Å². The standard InChI is InChI=1S/C17H21FN4O3.HI/c1-20-17(21-11-12-7-8-15(25-12)16(19)23)22(2)9-10-24-14-6-4-3-5-13(14)18;/h3-8H,9-11H2,1-2H3,(H2,19,23)(H,20,21);1H. The van der Waals surface area contributed by atoms with Crippen LogP contribution >= 0.6 is 24.0 Å². The maximum absolute atomic E-state index is 13.5. The van der Waals surface area contributed by atoms with E-state index in [2.05, 4.69) is 10.3 Å². The number of halogens is 2. The summed E-state index contributed by atoms with van der Waals surface area (Å²) in [4.78, 5) is 17.0. The third-order valence-corrected chi connectivity index (χ3v) is 3.42. The molecule has 142 valence electrons. The molecule has 26 heavy (non-hydrogen) atoms. The molecule has 0 fully saturated rings. The molecule has 0 atom stereocenters. The van der Waals surface area contributed by atoms with Crippen molar-refractivity contribution >= 4 is 35.8 Å². The molecular weight excluding hydrogens is 454 g/mol. The van der Waals surface area contributed by atoms with Crippen LogP contribution in [0.15, 0.2) is 45.8 Å². The van der Waals surface area contributed by atoms with Crippen molar-refractivity contribution in [1.82, 2.24) is 10.2 Å². The SMILES string of the molecule is CN=C(NCc1ccc(C(N)=O)o1)N(C)CCOc1ccccc1F.I. The zero-order chi connectivity index (χ0) is 18.2. The predicted molar refractivity (Wildman–Crippen MR) is 107 cm³/mol. The monoisotopic (exact) mass is 476 g/mol. The van der Waals surface area contributed by atoms with Gasteiger partial charge in [-0.3, -0.25) is 9.79 Å². The van der Waals surface area contributed by atoms with Crippen molar-refractivity contribution in [2.45, 2.75) is 6.54 Å². The molecule has 3 N–H and O–H groups in total. The Morgan fingerprint density at radius 1 is 1.35 bits per heavy atom. The minimum atomic E-state index is -0.613. The van der Waals surface area contributed by atoms with E-state index < -0.39 is 11.7 Å². The molecule has 0 radical (unpaired) electrons. The smallest absolute Gasteiger partial charge is 0.284 e. The summed E-state index contributed by atoms with van der Waals surface area (Å²) in [7, 11) is 3.48. The lowest BCUT2D eigenvalue weighted by Gasteiger charge is -2.21. The topological polar surface area (TPSA) is 93.1 Å². The molecule has 9 heteroatoms. The van der Waals surface area contributed by atoms with E-state index in [1.807, 2.05) is 11.9 Å². The van der Waals surface area contributed by atoms with E-state index in [1.54, 1.807) is 31.3 Å². The Morgan fingerprint density at radius 2 is 2.08 bits per heavy atom. The molecule has 1 aromatic heterocycles. The highest BCUT2D eigenvalue weighted by molar-refractivity contribution is 14.0. The van der Waals surface area contributed by atoms with Crippen LogP contribution in [0.1, 0.15) is 16.3 Å². The molecule has 0 aliphatic rings. The number of aliphatic imine (C=N–C) groups is 1. The van der Waals surface area contributed by atoms with Crippen molar-refractivity contribution in [2.24, 2.45) is 10.7 Å². The molecule has 0 aliphatic heterocycles. The normalized spacial score (nSPS) is 10.8. The quantitative estimate of drug-likeness (QED) is 0.363. The highest BCUT2D eigenvalue weighted by Crippen LogP contribution is 2.15. The van der Waals surface area contributed by atoms with Crippen molar-refractivity contribution in [3.05, 3.63) is 53.7 Å². The Labute approximate surface area is 168 Å². The van der Waals surface area contributed by atoms with Crippen LogP contribution in [0.3, 0.4) is 0 Å². The number of carbonyl (C=O) groups excluding carboxylic acids is 1. The van der Waals surface area contributed by atoms with Gasteiger partial charge in [0.25, 0.3) is 5.91 Å². The molecule has 0 spiro atoms. The molecule has 0 saturated carbocycles. The molecule has 2 rings (SSSR count). The Hall–Kier alpha value is -2.30. The minimum Gasteiger partial charge on any atom is -0.489 e. The van der Waals surface area contributed by atoms with Gasteiger partial charge in [0.1, 0.15) is 12.4 Å². The van der Waals surface area contributed by atoms with E-state index >= 15 is 0 Å². The van der Waals surface area contributed by atoms with Crippen LogP contribution in [0.25, 0.3) is 0 Å². The van der Waals surface area contributed by atoms with Gasteiger partial charge in [-0.15, -0.1) is 24.0 Å². The largest absolute Gasteiger partial charge is 0.489 e. The van der Waals surface area contributed by atoms with Crippen LogP contribution in [0.5, 0.6) is 5.75 Å². The fraction of sp³-hybridized carbons (Fsp3) is 0.294. The Balaban J connectivity index is 0.00000338. The Bertz CT molecular complexity index is 751. The number of amides is 1. The second-order valence-corrected chi connectivity index (χ2v) is 5.23. The maximum Gasteiger partial charge on any atom is 0.284 e. The highest BCUT2D eigenvalue weighted by atomic mass is 127. The molecule has 0 unspecified atom stereocenters. The third kappa shape index (κ3) is 6.21. The van der Waals surface area contributed by atoms with Gasteiger partial charge in [-0.2, -0.15) is 0 Å². The van der Waals surface area contributed by atoms with Gasteiger partial charge in [0.15, 0.2) is 23.3 Å². The molecule has 0 bridgehead atoms. The first kappa shape index (κ1) is 21.7. The number of guanidine groups is 1. The summed E-state index contributed by atoms with van der Waals surface area (Å²) in [6, 6.07) is 9.44. The summed E-state index contributed by atoms with van der Waals surface area (Å²) < 4.78 is 24.2. The van der Waals surface area contributed by atoms with Gasteiger partial charge in [-0.05, 0) is 24.3 Å². The molecule has 1 amide bonds. The lowest BCUT2D eigenvalue weighted by Crippen LogP contribution is -2.40. The molecule has 7 nitrogen and oxygen atoms in total. The molecular formula is C17H22FIN4O3. The van der Waals surface area contributed by atoms with E-state index in [0.29, 0.717) is 31.4 Å². The van der Waals surface area contributed by atoms with Gasteiger partial charge in [0.2, 0.25) is 0 Å². The van der Waals surface area contributed by atoms with Gasteiger partial charge in [0, 0.05) is 14.1 Å². The second kappa shape index (κ2) is 10.6. The van der Waals surface area contributed by atoms with Gasteiger partial charge in [0.05, 0.1) is 13.1 Å². The summed E-state index contributed by atoms with van der Waals surface area (Å²) in [5.74, 6) is 0.487. The zero-order valence-corrected chi connectivity index (χ0v) is 16.9. The molecule has 0 aliphatic carbocycles. The van der Waals surface area contributed by atoms with Gasteiger partial charge < -0.3 is 25.1 Å². The van der Waals surface area contributed by atoms with E-state index in [4.69, 9.17) is 14.9 Å². The number of nitrogens with zero attached hydrogens (tertiary/aromatic N) is 2. The lowest BCUT2D eigenvalue weighted by molar-refractivity contribution is 0.0972. The number of hydrogen-bond acceptors (Lipinski definition) is 4. The van der Waals surface area contributed by atoms with Crippen LogP contribution in [-0.4, -0.2) is 44.0 Å². The number of nitrogens with one attached hydrogen (secondary N) is 1. The number of carbonyl (C=O) groups is 1. The Morgan fingerprint density at radius 3 is 2.69 bits per heavy atom. The first-order valence-corrected chi connectivity index (χ1v) is 7.69. The lowest BCUT2D eigenvalue weighted by atomic mass is 10.3. The fourth-order valence-corrected chi connectivity index (χ4v) is 2.12. The second-order valence-electron chi connectivity index (χ2n) is 5.23. The van der Waals surface area contributed by atoms with Crippen LogP contribution in [0.4, 0.5) is 4.39 Å². The van der Waals surface area contributed by atoms with Crippen molar-refractivity contribution in [3.8, 4) is 5.75 Å². The van der Waals surface area contributed by atoms with E-state index in [1.165, 1.54) is 12.1 Å². The number of para-hydroxylation sites is 1. The summed E-state index contributed by atoms with van der Waals surface area (Å²) >= 11 is 0. The summed E-state index contributed by atoms with van der Waals surface area (Å²) in [5, 5.41) is 3.10. The van der Waals surface area contributed by atoms with Crippen LogP contribution < -0.4 is 15.8 Å². The maximum atomic E-state index is 13.5. The third-order valence-electron chi connectivity index (χ3n) is 3.42. The van der Waals surface area contributed by atoms with E-state index in [9.17, 15) is 9.18 Å². The van der Waals surface area contributed by atoms with Crippen LogP contribution in [0, 0.1) is 5.82 Å². The molecule has 1 heterocycles. The van der Waals surface area contributed by atoms with Crippen molar-refractivity contribution in [1.29, 1.82) is 0 Å². The number of nitrogens with two attached hydrogens (primary N) is 1.